The lowest BCUT2D eigenvalue weighted by Gasteiger charge is -2.11. The maximum atomic E-state index is 6.13. The minimum Gasteiger partial charge on any atom is -0.311 e. The highest BCUT2D eigenvalue weighted by Crippen LogP contribution is 2.33. The van der Waals surface area contributed by atoms with Crippen LogP contribution in [0.15, 0.2) is 24.5 Å². The van der Waals surface area contributed by atoms with Crippen LogP contribution in [0.25, 0.3) is 11.4 Å². The molecule has 0 atom stereocenters. The van der Waals surface area contributed by atoms with Crippen LogP contribution in [0, 0.1) is 0 Å². The standard InChI is InChI=1S/C11H11Cl2N3/c1-7(2)16-6-14-15-11(16)10-8(12)4-3-5-9(10)13/h3-7H,1-2H3. The normalized spacial score (nSPS) is 11.1. The average Bonchev–Trinajstić information content (AvgIpc) is 2.66. The number of benzene rings is 1. The molecule has 0 aliphatic carbocycles. The third-order valence-electron chi connectivity index (χ3n) is 2.32. The van der Waals surface area contributed by atoms with Gasteiger partial charge in [-0.3, -0.25) is 0 Å². The van der Waals surface area contributed by atoms with Crippen molar-refractivity contribution in [3.05, 3.63) is 34.6 Å². The highest BCUT2D eigenvalue weighted by Gasteiger charge is 2.15. The summed E-state index contributed by atoms with van der Waals surface area (Å²) in [6.45, 7) is 4.11. The molecule has 0 saturated heterocycles. The highest BCUT2D eigenvalue weighted by atomic mass is 35.5. The quantitative estimate of drug-likeness (QED) is 0.817. The van der Waals surface area contributed by atoms with Gasteiger partial charge >= 0.3 is 0 Å². The van der Waals surface area contributed by atoms with Crippen molar-refractivity contribution < 1.29 is 0 Å². The Balaban J connectivity index is 2.63. The van der Waals surface area contributed by atoms with Crippen LogP contribution in [0.2, 0.25) is 10.0 Å². The number of halogens is 2. The van der Waals surface area contributed by atoms with E-state index in [1.807, 2.05) is 10.6 Å². The SMILES string of the molecule is CC(C)n1cnnc1-c1c(Cl)cccc1Cl. The van der Waals surface area contributed by atoms with Gasteiger partial charge in [0.1, 0.15) is 6.33 Å². The molecule has 1 heterocycles. The van der Waals surface area contributed by atoms with Crippen molar-refractivity contribution in [1.82, 2.24) is 14.8 Å². The molecule has 0 aliphatic rings. The van der Waals surface area contributed by atoms with Crippen LogP contribution in [0.3, 0.4) is 0 Å². The van der Waals surface area contributed by atoms with Gasteiger partial charge in [0, 0.05) is 6.04 Å². The lowest BCUT2D eigenvalue weighted by atomic mass is 10.2. The van der Waals surface area contributed by atoms with Gasteiger partial charge in [0.25, 0.3) is 0 Å². The molecular weight excluding hydrogens is 245 g/mol. The van der Waals surface area contributed by atoms with Crippen molar-refractivity contribution in [3.8, 4) is 11.4 Å². The number of aromatic nitrogens is 3. The van der Waals surface area contributed by atoms with E-state index in [0.717, 1.165) is 5.56 Å². The molecule has 2 rings (SSSR count). The second kappa shape index (κ2) is 4.44. The van der Waals surface area contributed by atoms with Gasteiger partial charge in [0.2, 0.25) is 0 Å². The molecule has 0 radical (unpaired) electrons. The van der Waals surface area contributed by atoms with Gasteiger partial charge in [-0.2, -0.15) is 0 Å². The van der Waals surface area contributed by atoms with Gasteiger partial charge in [-0.25, -0.2) is 0 Å². The molecule has 0 bridgehead atoms. The van der Waals surface area contributed by atoms with Gasteiger partial charge in [-0.05, 0) is 26.0 Å². The van der Waals surface area contributed by atoms with Gasteiger partial charge in [-0.15, -0.1) is 10.2 Å². The monoisotopic (exact) mass is 255 g/mol. The lowest BCUT2D eigenvalue weighted by molar-refractivity contribution is 0.604. The molecule has 0 saturated carbocycles. The second-order valence-corrected chi connectivity index (χ2v) is 4.57. The Morgan fingerprint density at radius 1 is 1.19 bits per heavy atom. The van der Waals surface area contributed by atoms with E-state index in [9.17, 15) is 0 Å². The van der Waals surface area contributed by atoms with E-state index in [1.54, 1.807) is 18.5 Å². The van der Waals surface area contributed by atoms with E-state index in [2.05, 4.69) is 24.0 Å². The minimum absolute atomic E-state index is 0.261. The van der Waals surface area contributed by atoms with Crippen molar-refractivity contribution in [2.24, 2.45) is 0 Å². The first-order valence-electron chi connectivity index (χ1n) is 4.95. The molecule has 84 valence electrons. The van der Waals surface area contributed by atoms with Crippen LogP contribution in [-0.4, -0.2) is 14.8 Å². The molecule has 1 aromatic carbocycles. The van der Waals surface area contributed by atoms with Crippen molar-refractivity contribution in [2.45, 2.75) is 19.9 Å². The highest BCUT2D eigenvalue weighted by molar-refractivity contribution is 6.38. The molecule has 16 heavy (non-hydrogen) atoms. The third kappa shape index (κ3) is 1.93. The summed E-state index contributed by atoms with van der Waals surface area (Å²) in [4.78, 5) is 0. The molecule has 0 aliphatic heterocycles. The Morgan fingerprint density at radius 2 is 1.81 bits per heavy atom. The van der Waals surface area contributed by atoms with E-state index in [-0.39, 0.29) is 6.04 Å². The van der Waals surface area contributed by atoms with Crippen molar-refractivity contribution in [1.29, 1.82) is 0 Å². The summed E-state index contributed by atoms with van der Waals surface area (Å²) in [6.07, 6.45) is 1.68. The smallest absolute Gasteiger partial charge is 0.167 e. The van der Waals surface area contributed by atoms with Crippen LogP contribution in [0.1, 0.15) is 19.9 Å². The summed E-state index contributed by atoms with van der Waals surface area (Å²) < 4.78 is 1.94. The van der Waals surface area contributed by atoms with Crippen LogP contribution < -0.4 is 0 Å². The lowest BCUT2D eigenvalue weighted by Crippen LogP contribution is -2.02. The molecule has 3 nitrogen and oxygen atoms in total. The second-order valence-electron chi connectivity index (χ2n) is 3.75. The van der Waals surface area contributed by atoms with E-state index < -0.39 is 0 Å². The first-order valence-corrected chi connectivity index (χ1v) is 5.70. The molecule has 5 heteroatoms. The maximum absolute atomic E-state index is 6.13. The summed E-state index contributed by atoms with van der Waals surface area (Å²) in [6, 6.07) is 5.66. The van der Waals surface area contributed by atoms with Crippen LogP contribution in [-0.2, 0) is 0 Å². The molecule has 0 fully saturated rings. The zero-order valence-corrected chi connectivity index (χ0v) is 10.5. The van der Waals surface area contributed by atoms with Crippen molar-refractivity contribution in [3.63, 3.8) is 0 Å². The fourth-order valence-corrected chi connectivity index (χ4v) is 2.08. The van der Waals surface area contributed by atoms with Crippen molar-refractivity contribution in [2.75, 3.05) is 0 Å². The molecule has 0 spiro atoms. The maximum Gasteiger partial charge on any atom is 0.167 e. The molecule has 0 amide bonds. The molecular formula is C11H11Cl2N3. The predicted molar refractivity (Wildman–Crippen MR) is 65.9 cm³/mol. The first-order chi connectivity index (χ1) is 7.61. The van der Waals surface area contributed by atoms with Gasteiger partial charge < -0.3 is 4.57 Å². The van der Waals surface area contributed by atoms with E-state index in [1.165, 1.54) is 0 Å². The number of rotatable bonds is 2. The van der Waals surface area contributed by atoms with E-state index in [4.69, 9.17) is 23.2 Å². The topological polar surface area (TPSA) is 30.7 Å². The predicted octanol–water partition coefficient (Wildman–Crippen LogP) is 3.83. The largest absolute Gasteiger partial charge is 0.311 e. The van der Waals surface area contributed by atoms with E-state index >= 15 is 0 Å². The Kier molecular flexibility index (Phi) is 3.17. The Labute approximate surface area is 104 Å². The summed E-state index contributed by atoms with van der Waals surface area (Å²) in [5.74, 6) is 0.700. The summed E-state index contributed by atoms with van der Waals surface area (Å²) in [5.41, 5.74) is 0.733. The fraction of sp³-hybridized carbons (Fsp3) is 0.273. The number of hydrogen-bond acceptors (Lipinski definition) is 2. The first kappa shape index (κ1) is 11.4. The Morgan fingerprint density at radius 3 is 2.38 bits per heavy atom. The van der Waals surface area contributed by atoms with Crippen LogP contribution in [0.4, 0.5) is 0 Å². The van der Waals surface area contributed by atoms with E-state index in [0.29, 0.717) is 15.9 Å². The summed E-state index contributed by atoms with van der Waals surface area (Å²) >= 11 is 12.3. The van der Waals surface area contributed by atoms with Crippen molar-refractivity contribution >= 4 is 23.2 Å². The van der Waals surface area contributed by atoms with Gasteiger partial charge in [0.15, 0.2) is 5.82 Å². The Bertz CT molecular complexity index is 485. The minimum atomic E-state index is 0.261. The number of nitrogens with zero attached hydrogens (tertiary/aromatic N) is 3. The summed E-state index contributed by atoms with van der Waals surface area (Å²) in [7, 11) is 0. The summed E-state index contributed by atoms with van der Waals surface area (Å²) in [5, 5.41) is 9.14. The zero-order valence-electron chi connectivity index (χ0n) is 8.98. The fourth-order valence-electron chi connectivity index (χ4n) is 1.51. The van der Waals surface area contributed by atoms with Gasteiger partial charge in [0.05, 0.1) is 15.6 Å². The van der Waals surface area contributed by atoms with Crippen LogP contribution in [0.5, 0.6) is 0 Å². The van der Waals surface area contributed by atoms with Gasteiger partial charge in [-0.1, -0.05) is 29.3 Å². The zero-order chi connectivity index (χ0) is 11.7. The third-order valence-corrected chi connectivity index (χ3v) is 2.95. The molecule has 1 aromatic heterocycles. The molecule has 0 unspecified atom stereocenters. The molecule has 2 aromatic rings. The Hall–Kier alpha value is -1.06. The van der Waals surface area contributed by atoms with Crippen LogP contribution >= 0.6 is 23.2 Å². The number of hydrogen-bond donors (Lipinski definition) is 0. The molecule has 0 N–H and O–H groups in total. The average molecular weight is 256 g/mol.